The minimum atomic E-state index is -0.839. The van der Waals surface area contributed by atoms with Crippen LogP contribution in [0.3, 0.4) is 0 Å². The molecule has 168 valence electrons. The molecule has 1 fully saturated rings. The Hall–Kier alpha value is -3.94. The van der Waals surface area contributed by atoms with Gasteiger partial charge in [-0.15, -0.1) is 0 Å². The highest BCUT2D eigenvalue weighted by atomic mass is 16.2. The number of carbonyl (C=O) groups excluding carboxylic acids is 4. The number of fused-ring (bicyclic) bond motifs is 7. The van der Waals surface area contributed by atoms with Crippen LogP contribution in [0.25, 0.3) is 10.9 Å². The number of anilines is 1. The smallest absolute Gasteiger partial charge is 0.264 e. The molecule has 2 aliphatic heterocycles. The number of hydrogen-bond acceptors (Lipinski definition) is 4. The van der Waals surface area contributed by atoms with Gasteiger partial charge in [0.25, 0.3) is 5.91 Å². The van der Waals surface area contributed by atoms with E-state index in [1.165, 1.54) is 6.92 Å². The van der Waals surface area contributed by atoms with Gasteiger partial charge in [0.05, 0.1) is 16.8 Å². The van der Waals surface area contributed by atoms with Crippen molar-refractivity contribution in [2.24, 2.45) is 0 Å². The van der Waals surface area contributed by atoms with E-state index in [2.05, 4.69) is 10.6 Å². The summed E-state index contributed by atoms with van der Waals surface area (Å²) in [5.74, 6) is -1.24. The maximum atomic E-state index is 13.6. The van der Waals surface area contributed by atoms with Gasteiger partial charge in [-0.2, -0.15) is 0 Å². The maximum Gasteiger partial charge on any atom is 0.264 e. The Kier molecular flexibility index (Phi) is 5.20. The first-order valence-corrected chi connectivity index (χ1v) is 11.0. The number of carbonyl (C=O) groups is 4. The minimum Gasteiger partial charge on any atom is -0.344 e. The van der Waals surface area contributed by atoms with E-state index in [0.29, 0.717) is 36.2 Å². The van der Waals surface area contributed by atoms with E-state index >= 15 is 0 Å². The van der Waals surface area contributed by atoms with Crippen LogP contribution in [0.15, 0.2) is 54.7 Å². The van der Waals surface area contributed by atoms with Gasteiger partial charge in [0.1, 0.15) is 12.1 Å². The molecule has 0 aliphatic carbocycles. The molecule has 1 saturated heterocycles. The molecule has 2 bridgehead atoms. The molecule has 8 nitrogen and oxygen atoms in total. The highest BCUT2D eigenvalue weighted by Crippen LogP contribution is 2.28. The average Bonchev–Trinajstić information content (AvgIpc) is 3.43. The number of aromatic nitrogens is 1. The van der Waals surface area contributed by atoms with Gasteiger partial charge in [0.15, 0.2) is 0 Å². The van der Waals surface area contributed by atoms with Gasteiger partial charge < -0.3 is 15.5 Å². The zero-order chi connectivity index (χ0) is 23.1. The third-order valence-corrected chi connectivity index (χ3v) is 6.37. The molecule has 2 atom stereocenters. The van der Waals surface area contributed by atoms with Crippen LogP contribution >= 0.6 is 0 Å². The standard InChI is InChI=1S/C25H24N4O4/c1-15(30)26-20-13-16-14-29(21-10-5-3-7-17(16)21)24(32)18-8-2-4-9-19(18)27-23(31)22-11-6-12-28(22)25(20)33/h2-5,7-10,14,20,22H,6,11-13H2,1H3,(H,26,30)(H,27,31). The predicted molar refractivity (Wildman–Crippen MR) is 123 cm³/mol. The zero-order valence-corrected chi connectivity index (χ0v) is 18.2. The summed E-state index contributed by atoms with van der Waals surface area (Å²) in [6.45, 7) is 1.81. The van der Waals surface area contributed by atoms with E-state index in [-0.39, 0.29) is 30.0 Å². The molecule has 2 aliphatic rings. The van der Waals surface area contributed by atoms with Crippen LogP contribution in [-0.4, -0.2) is 51.7 Å². The van der Waals surface area contributed by atoms with Crippen LogP contribution in [0.1, 0.15) is 35.7 Å². The summed E-state index contributed by atoms with van der Waals surface area (Å²) in [5.41, 5.74) is 2.25. The van der Waals surface area contributed by atoms with Crippen molar-refractivity contribution in [3.05, 3.63) is 65.9 Å². The molecular weight excluding hydrogens is 420 g/mol. The second-order valence-electron chi connectivity index (χ2n) is 8.53. The molecule has 2 N–H and O–H groups in total. The average molecular weight is 444 g/mol. The SMILES string of the molecule is CC(=O)NC1Cc2cn(c3ccccc23)C(=O)c2ccccc2NC(=O)C2CCCN2C1=O. The quantitative estimate of drug-likeness (QED) is 0.602. The Labute approximate surface area is 190 Å². The molecule has 1 aromatic heterocycles. The number of benzene rings is 2. The Morgan fingerprint density at radius 1 is 1.06 bits per heavy atom. The minimum absolute atomic E-state index is 0.214. The molecule has 2 unspecified atom stereocenters. The van der Waals surface area contributed by atoms with Gasteiger partial charge in [-0.1, -0.05) is 30.3 Å². The van der Waals surface area contributed by atoms with Gasteiger partial charge in [-0.3, -0.25) is 23.7 Å². The molecule has 3 heterocycles. The topological polar surface area (TPSA) is 101 Å². The summed E-state index contributed by atoms with van der Waals surface area (Å²) >= 11 is 0. The fraction of sp³-hybridized carbons (Fsp3) is 0.280. The number of rotatable bonds is 1. The Balaban J connectivity index is 1.71. The van der Waals surface area contributed by atoms with Gasteiger partial charge in [-0.25, -0.2) is 0 Å². The third kappa shape index (κ3) is 3.67. The number of nitrogens with zero attached hydrogens (tertiary/aromatic N) is 2. The highest BCUT2D eigenvalue weighted by Gasteiger charge is 2.38. The fourth-order valence-corrected chi connectivity index (χ4v) is 4.87. The van der Waals surface area contributed by atoms with Crippen molar-refractivity contribution in [1.29, 1.82) is 0 Å². The molecule has 5 rings (SSSR count). The van der Waals surface area contributed by atoms with E-state index in [4.69, 9.17) is 0 Å². The van der Waals surface area contributed by atoms with Crippen LogP contribution in [-0.2, 0) is 20.8 Å². The molecule has 33 heavy (non-hydrogen) atoms. The van der Waals surface area contributed by atoms with Crippen molar-refractivity contribution in [3.8, 4) is 0 Å². The van der Waals surface area contributed by atoms with Crippen molar-refractivity contribution >= 4 is 40.2 Å². The van der Waals surface area contributed by atoms with Gasteiger partial charge in [0.2, 0.25) is 17.7 Å². The van der Waals surface area contributed by atoms with Crippen LogP contribution in [0.5, 0.6) is 0 Å². The normalized spacial score (nSPS) is 20.9. The van der Waals surface area contributed by atoms with Crippen molar-refractivity contribution in [2.75, 3.05) is 11.9 Å². The van der Waals surface area contributed by atoms with Gasteiger partial charge >= 0.3 is 0 Å². The summed E-state index contributed by atoms with van der Waals surface area (Å²) in [6, 6.07) is 12.9. The molecule has 2 aromatic carbocycles. The van der Waals surface area contributed by atoms with Gasteiger partial charge in [-0.05, 0) is 36.6 Å². The Morgan fingerprint density at radius 2 is 1.82 bits per heavy atom. The lowest BCUT2D eigenvalue weighted by Gasteiger charge is -2.28. The zero-order valence-electron chi connectivity index (χ0n) is 18.2. The van der Waals surface area contributed by atoms with E-state index in [0.717, 1.165) is 10.9 Å². The highest BCUT2D eigenvalue weighted by molar-refractivity contribution is 6.09. The monoisotopic (exact) mass is 444 g/mol. The van der Waals surface area contributed by atoms with E-state index in [1.54, 1.807) is 39.9 Å². The third-order valence-electron chi connectivity index (χ3n) is 6.37. The molecule has 3 amide bonds. The molecule has 0 saturated carbocycles. The first-order valence-electron chi connectivity index (χ1n) is 11.0. The first kappa shape index (κ1) is 20.9. The lowest BCUT2D eigenvalue weighted by Crippen LogP contribution is -2.53. The summed E-state index contributed by atoms with van der Waals surface area (Å²) in [4.78, 5) is 53.8. The molecule has 0 radical (unpaired) electrons. The molecule has 3 aromatic rings. The molecule has 0 spiro atoms. The second kappa shape index (κ2) is 8.20. The number of para-hydroxylation sites is 2. The number of amides is 3. The van der Waals surface area contributed by atoms with E-state index in [9.17, 15) is 19.2 Å². The Bertz CT molecular complexity index is 1290. The van der Waals surface area contributed by atoms with Crippen molar-refractivity contribution in [3.63, 3.8) is 0 Å². The summed E-state index contributed by atoms with van der Waals surface area (Å²) in [7, 11) is 0. The van der Waals surface area contributed by atoms with E-state index in [1.807, 2.05) is 24.3 Å². The fourth-order valence-electron chi connectivity index (χ4n) is 4.87. The van der Waals surface area contributed by atoms with Crippen LogP contribution < -0.4 is 10.6 Å². The predicted octanol–water partition coefficient (Wildman–Crippen LogP) is 2.32. The van der Waals surface area contributed by atoms with Gasteiger partial charge in [0, 0.05) is 31.5 Å². The van der Waals surface area contributed by atoms with Crippen LogP contribution in [0.4, 0.5) is 5.69 Å². The molecular formula is C25H24N4O4. The second-order valence-corrected chi connectivity index (χ2v) is 8.53. The van der Waals surface area contributed by atoms with Crippen molar-refractivity contribution in [2.45, 2.75) is 38.3 Å². The van der Waals surface area contributed by atoms with Crippen LogP contribution in [0.2, 0.25) is 0 Å². The lowest BCUT2D eigenvalue weighted by molar-refractivity contribution is -0.139. The molecule has 8 heteroatoms. The van der Waals surface area contributed by atoms with Crippen molar-refractivity contribution < 1.29 is 19.2 Å². The number of hydrogen-bond donors (Lipinski definition) is 2. The lowest BCUT2D eigenvalue weighted by atomic mass is 10.0. The first-order chi connectivity index (χ1) is 15.9. The summed E-state index contributed by atoms with van der Waals surface area (Å²) < 4.78 is 1.55. The maximum absolute atomic E-state index is 13.6. The van der Waals surface area contributed by atoms with E-state index < -0.39 is 12.1 Å². The number of nitrogens with one attached hydrogen (secondary N) is 2. The summed E-state index contributed by atoms with van der Waals surface area (Å²) in [6.07, 6.45) is 3.16. The largest absolute Gasteiger partial charge is 0.344 e. The van der Waals surface area contributed by atoms with Crippen molar-refractivity contribution in [1.82, 2.24) is 14.8 Å². The van der Waals surface area contributed by atoms with Crippen LogP contribution in [0, 0.1) is 0 Å². The summed E-state index contributed by atoms with van der Waals surface area (Å²) in [5, 5.41) is 6.47. The Morgan fingerprint density at radius 3 is 2.64 bits per heavy atom.